The van der Waals surface area contributed by atoms with Crippen LogP contribution in [-0.4, -0.2) is 37.1 Å². The van der Waals surface area contributed by atoms with Gasteiger partial charge in [-0.3, -0.25) is 4.79 Å². The number of fused-ring (bicyclic) bond motifs is 1. The average Bonchev–Trinajstić information content (AvgIpc) is 3.15. The van der Waals surface area contributed by atoms with Crippen LogP contribution in [0.3, 0.4) is 0 Å². The molecule has 0 aliphatic rings. The standard InChI is InChI=1S/C22H20ClNO5/c1-3-28-20-11-14(10-17(23)22(20)27-2)8-9-21(26)29-13-19(25)16-12-24-18-7-5-4-6-15(16)18/h4-12,24H,3,13H2,1-2H3. The van der Waals surface area contributed by atoms with E-state index in [2.05, 4.69) is 4.98 Å². The van der Waals surface area contributed by atoms with Gasteiger partial charge in [0.2, 0.25) is 5.78 Å². The number of para-hydroxylation sites is 1. The number of Topliss-reactive ketones (excluding diaryl/α,β-unsaturated/α-hetero) is 1. The van der Waals surface area contributed by atoms with E-state index in [0.717, 1.165) is 10.9 Å². The molecular weight excluding hydrogens is 394 g/mol. The SMILES string of the molecule is CCOc1cc(C=CC(=O)OCC(=O)c2c[nH]c3ccccc23)cc(Cl)c1OC. The van der Waals surface area contributed by atoms with Gasteiger partial charge in [0.05, 0.1) is 18.7 Å². The number of ether oxygens (including phenoxy) is 3. The van der Waals surface area contributed by atoms with Gasteiger partial charge in [-0.05, 0) is 36.8 Å². The predicted octanol–water partition coefficient (Wildman–Crippen LogP) is 4.67. The Labute approximate surface area is 173 Å². The number of benzene rings is 2. The summed E-state index contributed by atoms with van der Waals surface area (Å²) in [6.45, 7) is 1.94. The smallest absolute Gasteiger partial charge is 0.331 e. The molecule has 0 bridgehead atoms. The minimum Gasteiger partial charge on any atom is -0.491 e. The van der Waals surface area contributed by atoms with Crippen LogP contribution in [0.15, 0.2) is 48.7 Å². The number of H-pyrrole nitrogens is 1. The number of aromatic amines is 1. The predicted molar refractivity (Wildman–Crippen MR) is 112 cm³/mol. The molecule has 1 heterocycles. The maximum atomic E-state index is 12.4. The summed E-state index contributed by atoms with van der Waals surface area (Å²) in [7, 11) is 1.50. The van der Waals surface area contributed by atoms with Gasteiger partial charge in [0, 0.05) is 28.7 Å². The van der Waals surface area contributed by atoms with Crippen LogP contribution in [0, 0.1) is 0 Å². The third-order valence-corrected chi connectivity index (χ3v) is 4.46. The fraction of sp³-hybridized carbons (Fsp3) is 0.182. The monoisotopic (exact) mass is 413 g/mol. The molecule has 0 fully saturated rings. The molecule has 6 nitrogen and oxygen atoms in total. The second-order valence-corrected chi connectivity index (χ2v) is 6.49. The Morgan fingerprint density at radius 3 is 2.76 bits per heavy atom. The largest absolute Gasteiger partial charge is 0.491 e. The normalized spacial score (nSPS) is 11.0. The number of ketones is 1. The molecule has 7 heteroatoms. The first-order valence-corrected chi connectivity index (χ1v) is 9.35. The molecule has 0 saturated carbocycles. The summed E-state index contributed by atoms with van der Waals surface area (Å²) in [6.07, 6.45) is 4.38. The minimum atomic E-state index is -0.636. The third kappa shape index (κ3) is 4.78. The average molecular weight is 414 g/mol. The Morgan fingerprint density at radius 2 is 2.00 bits per heavy atom. The fourth-order valence-corrected chi connectivity index (χ4v) is 3.17. The maximum absolute atomic E-state index is 12.4. The van der Waals surface area contributed by atoms with Crippen molar-refractivity contribution in [3.05, 3.63) is 64.8 Å². The summed E-state index contributed by atoms with van der Waals surface area (Å²) in [4.78, 5) is 27.4. The van der Waals surface area contributed by atoms with Crippen LogP contribution in [0.5, 0.6) is 11.5 Å². The zero-order valence-electron chi connectivity index (χ0n) is 16.0. The van der Waals surface area contributed by atoms with Crippen LogP contribution in [0.25, 0.3) is 17.0 Å². The Hall–Kier alpha value is -3.25. The first kappa shape index (κ1) is 20.5. The van der Waals surface area contributed by atoms with Gasteiger partial charge in [-0.2, -0.15) is 0 Å². The molecule has 0 aliphatic carbocycles. The number of carbonyl (C=O) groups excluding carboxylic acids is 2. The molecule has 150 valence electrons. The quantitative estimate of drug-likeness (QED) is 0.330. The van der Waals surface area contributed by atoms with Crippen molar-refractivity contribution in [2.24, 2.45) is 0 Å². The molecule has 0 unspecified atom stereocenters. The Morgan fingerprint density at radius 1 is 1.21 bits per heavy atom. The molecule has 0 atom stereocenters. The molecule has 2 aromatic carbocycles. The van der Waals surface area contributed by atoms with Gasteiger partial charge in [0.15, 0.2) is 18.1 Å². The van der Waals surface area contributed by atoms with Crippen molar-refractivity contribution in [3.8, 4) is 11.5 Å². The third-order valence-electron chi connectivity index (χ3n) is 4.18. The topological polar surface area (TPSA) is 77.6 Å². The van der Waals surface area contributed by atoms with Crippen LogP contribution < -0.4 is 9.47 Å². The van der Waals surface area contributed by atoms with Crippen molar-refractivity contribution in [2.45, 2.75) is 6.92 Å². The molecule has 0 aliphatic heterocycles. The molecule has 0 radical (unpaired) electrons. The summed E-state index contributed by atoms with van der Waals surface area (Å²) >= 11 is 6.19. The van der Waals surface area contributed by atoms with Gasteiger partial charge in [-0.1, -0.05) is 29.8 Å². The van der Waals surface area contributed by atoms with E-state index in [9.17, 15) is 9.59 Å². The molecule has 29 heavy (non-hydrogen) atoms. The van der Waals surface area contributed by atoms with Crippen LogP contribution in [0.1, 0.15) is 22.8 Å². The van der Waals surface area contributed by atoms with Gasteiger partial charge >= 0.3 is 5.97 Å². The van der Waals surface area contributed by atoms with Crippen LogP contribution in [-0.2, 0) is 9.53 Å². The lowest BCUT2D eigenvalue weighted by Crippen LogP contribution is -2.12. The second kappa shape index (κ2) is 9.30. The number of rotatable bonds is 8. The molecular formula is C22H20ClNO5. The van der Waals surface area contributed by atoms with Gasteiger partial charge in [0.1, 0.15) is 0 Å². The number of hydrogen-bond acceptors (Lipinski definition) is 5. The van der Waals surface area contributed by atoms with E-state index in [1.807, 2.05) is 31.2 Å². The Balaban J connectivity index is 1.64. The first-order valence-electron chi connectivity index (χ1n) is 8.98. The summed E-state index contributed by atoms with van der Waals surface area (Å²) in [6, 6.07) is 10.8. The Bertz CT molecular complexity index is 1070. The molecule has 1 N–H and O–H groups in total. The molecule has 0 saturated heterocycles. The lowest BCUT2D eigenvalue weighted by Gasteiger charge is -2.11. The van der Waals surface area contributed by atoms with E-state index >= 15 is 0 Å². The van der Waals surface area contributed by atoms with E-state index in [0.29, 0.717) is 34.3 Å². The van der Waals surface area contributed by atoms with Crippen molar-refractivity contribution in [1.29, 1.82) is 0 Å². The lowest BCUT2D eigenvalue weighted by atomic mass is 10.1. The minimum absolute atomic E-state index is 0.282. The first-order chi connectivity index (χ1) is 14.0. The van der Waals surface area contributed by atoms with Gasteiger partial charge in [-0.25, -0.2) is 4.79 Å². The van der Waals surface area contributed by atoms with Crippen LogP contribution in [0.2, 0.25) is 5.02 Å². The van der Waals surface area contributed by atoms with Crippen molar-refractivity contribution >= 4 is 40.3 Å². The highest BCUT2D eigenvalue weighted by Crippen LogP contribution is 2.36. The number of nitrogens with one attached hydrogen (secondary N) is 1. The van der Waals surface area contributed by atoms with Crippen molar-refractivity contribution in [1.82, 2.24) is 4.98 Å². The lowest BCUT2D eigenvalue weighted by molar-refractivity contribution is -0.136. The number of methoxy groups -OCH3 is 1. The number of hydrogen-bond donors (Lipinski definition) is 1. The zero-order valence-corrected chi connectivity index (χ0v) is 16.8. The Kier molecular flexibility index (Phi) is 6.57. The maximum Gasteiger partial charge on any atom is 0.331 e. The molecule has 3 aromatic rings. The van der Waals surface area contributed by atoms with E-state index in [1.165, 1.54) is 19.3 Å². The summed E-state index contributed by atoms with van der Waals surface area (Å²) in [5.41, 5.74) is 1.98. The molecule has 1 aromatic heterocycles. The fourth-order valence-electron chi connectivity index (χ4n) is 2.87. The number of halogens is 1. The molecule has 0 spiro atoms. The van der Waals surface area contributed by atoms with Crippen LogP contribution in [0.4, 0.5) is 0 Å². The summed E-state index contributed by atoms with van der Waals surface area (Å²) < 4.78 is 15.8. The highest BCUT2D eigenvalue weighted by atomic mass is 35.5. The number of carbonyl (C=O) groups is 2. The van der Waals surface area contributed by atoms with Gasteiger partial charge in [-0.15, -0.1) is 0 Å². The zero-order chi connectivity index (χ0) is 20.8. The van der Waals surface area contributed by atoms with Crippen molar-refractivity contribution in [2.75, 3.05) is 20.3 Å². The van der Waals surface area contributed by atoms with Gasteiger partial charge < -0.3 is 19.2 Å². The van der Waals surface area contributed by atoms with E-state index < -0.39 is 5.97 Å². The van der Waals surface area contributed by atoms with Crippen molar-refractivity contribution < 1.29 is 23.8 Å². The van der Waals surface area contributed by atoms with E-state index in [-0.39, 0.29) is 12.4 Å². The van der Waals surface area contributed by atoms with Crippen molar-refractivity contribution in [3.63, 3.8) is 0 Å². The second-order valence-electron chi connectivity index (χ2n) is 6.08. The highest BCUT2D eigenvalue weighted by molar-refractivity contribution is 6.32. The molecule has 0 amide bonds. The number of aromatic nitrogens is 1. The summed E-state index contributed by atoms with van der Waals surface area (Å²) in [5, 5.41) is 1.15. The number of esters is 1. The molecule has 3 rings (SSSR count). The summed E-state index contributed by atoms with van der Waals surface area (Å²) in [5.74, 6) is -0.0129. The van der Waals surface area contributed by atoms with Gasteiger partial charge in [0.25, 0.3) is 0 Å². The van der Waals surface area contributed by atoms with E-state index in [1.54, 1.807) is 18.3 Å². The van der Waals surface area contributed by atoms with Crippen LogP contribution >= 0.6 is 11.6 Å². The van der Waals surface area contributed by atoms with E-state index in [4.69, 9.17) is 25.8 Å². The highest BCUT2D eigenvalue weighted by Gasteiger charge is 2.14.